The highest BCUT2D eigenvalue weighted by Crippen LogP contribution is 2.38. The van der Waals surface area contributed by atoms with Gasteiger partial charge in [0.25, 0.3) is 5.95 Å². The Morgan fingerprint density at radius 3 is 2.22 bits per heavy atom. The number of hydrogen-bond acceptors (Lipinski definition) is 4. The minimum atomic E-state index is -0.167. The number of ether oxygens (including phenoxy) is 1. The normalized spacial score (nSPS) is 10.7. The molecule has 1 heterocycles. The van der Waals surface area contributed by atoms with Crippen LogP contribution in [0.2, 0.25) is 0 Å². The van der Waals surface area contributed by atoms with Crippen molar-refractivity contribution in [3.8, 4) is 23.4 Å². The van der Waals surface area contributed by atoms with Crippen LogP contribution >= 0.6 is 0 Å². The molecule has 0 fully saturated rings. The Balaban J connectivity index is 2.02. The predicted molar refractivity (Wildman–Crippen MR) is 66.1 cm³/mol. The van der Waals surface area contributed by atoms with Crippen LogP contribution in [0.1, 0.15) is 0 Å². The van der Waals surface area contributed by atoms with Crippen molar-refractivity contribution in [2.24, 2.45) is 0 Å². The highest BCUT2D eigenvalue weighted by Gasteiger charge is 2.13. The summed E-state index contributed by atoms with van der Waals surface area (Å²) in [6.07, 6.45) is 0. The average molecular weight is 242 g/mol. The molecular formula is C14H10O4. The molecule has 0 aliphatic carbocycles. The van der Waals surface area contributed by atoms with Crippen molar-refractivity contribution < 1.29 is 19.4 Å². The minimum absolute atomic E-state index is 0.162. The molecule has 0 atom stereocenters. The van der Waals surface area contributed by atoms with Gasteiger partial charge in [0.1, 0.15) is 11.5 Å². The molecule has 4 heteroatoms. The van der Waals surface area contributed by atoms with E-state index in [0.717, 1.165) is 0 Å². The fraction of sp³-hybridized carbons (Fsp3) is 0. The van der Waals surface area contributed by atoms with Crippen molar-refractivity contribution in [1.29, 1.82) is 0 Å². The Bertz CT molecular complexity index is 683. The number of hydrogen-bond donors (Lipinski definition) is 2. The lowest BCUT2D eigenvalue weighted by Gasteiger charge is -2.02. The molecule has 0 aliphatic rings. The summed E-state index contributed by atoms with van der Waals surface area (Å²) in [5.41, 5.74) is 0. The van der Waals surface area contributed by atoms with Gasteiger partial charge in [-0.25, -0.2) is 0 Å². The third kappa shape index (κ3) is 1.73. The maximum absolute atomic E-state index is 9.63. The third-order valence-corrected chi connectivity index (χ3v) is 2.61. The van der Waals surface area contributed by atoms with E-state index >= 15 is 0 Å². The van der Waals surface area contributed by atoms with Crippen molar-refractivity contribution in [1.82, 2.24) is 0 Å². The molecule has 0 radical (unpaired) electrons. The summed E-state index contributed by atoms with van der Waals surface area (Å²) in [6, 6.07) is 13.4. The zero-order valence-corrected chi connectivity index (χ0v) is 9.33. The number of benzene rings is 2. The van der Waals surface area contributed by atoms with Gasteiger partial charge in [-0.05, 0) is 36.4 Å². The van der Waals surface area contributed by atoms with E-state index in [4.69, 9.17) is 9.15 Å². The molecule has 3 rings (SSSR count). The zero-order chi connectivity index (χ0) is 12.5. The SMILES string of the molecule is Oc1ccc(Oc2oc(O)c3ccccc23)cc1. The van der Waals surface area contributed by atoms with Gasteiger partial charge >= 0.3 is 5.95 Å². The van der Waals surface area contributed by atoms with Gasteiger partial charge in [-0.1, -0.05) is 12.1 Å². The first-order valence-corrected chi connectivity index (χ1v) is 5.41. The molecule has 0 amide bonds. The smallest absolute Gasteiger partial charge is 0.301 e. The summed E-state index contributed by atoms with van der Waals surface area (Å²) in [4.78, 5) is 0. The molecule has 0 aliphatic heterocycles. The molecule has 0 saturated heterocycles. The molecule has 0 bridgehead atoms. The lowest BCUT2D eigenvalue weighted by atomic mass is 10.2. The van der Waals surface area contributed by atoms with Gasteiger partial charge in [0, 0.05) is 0 Å². The zero-order valence-electron chi connectivity index (χ0n) is 9.33. The summed E-state index contributed by atoms with van der Waals surface area (Å²) in [6.45, 7) is 0. The lowest BCUT2D eigenvalue weighted by molar-refractivity contribution is 0.278. The van der Waals surface area contributed by atoms with E-state index in [1.807, 2.05) is 12.1 Å². The quantitative estimate of drug-likeness (QED) is 0.720. The van der Waals surface area contributed by atoms with E-state index in [1.165, 1.54) is 12.1 Å². The van der Waals surface area contributed by atoms with Gasteiger partial charge in [-0.2, -0.15) is 0 Å². The largest absolute Gasteiger partial charge is 0.508 e. The molecule has 4 nitrogen and oxygen atoms in total. The molecule has 90 valence electrons. The van der Waals surface area contributed by atoms with Crippen LogP contribution in [0.5, 0.6) is 23.4 Å². The van der Waals surface area contributed by atoms with E-state index in [9.17, 15) is 10.2 Å². The minimum Gasteiger partial charge on any atom is -0.508 e. The van der Waals surface area contributed by atoms with Crippen LogP contribution < -0.4 is 4.74 Å². The maximum atomic E-state index is 9.63. The van der Waals surface area contributed by atoms with Crippen LogP contribution in [-0.4, -0.2) is 10.2 Å². The Labute approximate surface area is 103 Å². The van der Waals surface area contributed by atoms with Crippen LogP contribution in [0.25, 0.3) is 10.8 Å². The second-order valence-corrected chi connectivity index (χ2v) is 3.84. The second-order valence-electron chi connectivity index (χ2n) is 3.84. The van der Waals surface area contributed by atoms with E-state index in [2.05, 4.69) is 0 Å². The van der Waals surface area contributed by atoms with E-state index in [1.54, 1.807) is 24.3 Å². The fourth-order valence-corrected chi connectivity index (χ4v) is 1.74. The number of aromatic hydroxyl groups is 2. The fourth-order valence-electron chi connectivity index (χ4n) is 1.74. The van der Waals surface area contributed by atoms with Gasteiger partial charge in [-0.15, -0.1) is 0 Å². The van der Waals surface area contributed by atoms with Gasteiger partial charge in [-0.3, -0.25) is 0 Å². The van der Waals surface area contributed by atoms with Crippen LogP contribution in [-0.2, 0) is 0 Å². The Morgan fingerprint density at radius 1 is 0.833 bits per heavy atom. The molecule has 0 saturated carbocycles. The summed E-state index contributed by atoms with van der Waals surface area (Å²) in [7, 11) is 0. The monoisotopic (exact) mass is 242 g/mol. The average Bonchev–Trinajstić information content (AvgIpc) is 2.70. The Hall–Kier alpha value is -2.62. The first kappa shape index (κ1) is 10.5. The van der Waals surface area contributed by atoms with Crippen molar-refractivity contribution in [3.05, 3.63) is 48.5 Å². The highest BCUT2D eigenvalue weighted by molar-refractivity contribution is 5.91. The first-order valence-electron chi connectivity index (χ1n) is 5.41. The van der Waals surface area contributed by atoms with Gasteiger partial charge in [0.15, 0.2) is 0 Å². The van der Waals surface area contributed by atoms with E-state index in [0.29, 0.717) is 16.5 Å². The van der Waals surface area contributed by atoms with Gasteiger partial charge in [0.05, 0.1) is 10.8 Å². The molecule has 1 aromatic heterocycles. The maximum Gasteiger partial charge on any atom is 0.301 e. The summed E-state index contributed by atoms with van der Waals surface area (Å²) < 4.78 is 10.7. The topological polar surface area (TPSA) is 62.8 Å². The number of phenolic OH excluding ortho intramolecular Hbond substituents is 1. The van der Waals surface area contributed by atoms with E-state index in [-0.39, 0.29) is 17.6 Å². The second kappa shape index (κ2) is 4.00. The summed E-state index contributed by atoms with van der Waals surface area (Å²) in [5, 5.41) is 20.1. The number of phenols is 1. The standard InChI is InChI=1S/C14H10O4/c15-9-5-7-10(8-6-9)17-14-12-4-2-1-3-11(12)13(16)18-14/h1-8,15-16H. The summed E-state index contributed by atoms with van der Waals surface area (Å²) >= 11 is 0. The lowest BCUT2D eigenvalue weighted by Crippen LogP contribution is -1.81. The number of furan rings is 1. The summed E-state index contributed by atoms with van der Waals surface area (Å²) in [5.74, 6) is 0.745. The van der Waals surface area contributed by atoms with Crippen molar-refractivity contribution in [2.45, 2.75) is 0 Å². The molecule has 0 spiro atoms. The molecule has 2 N–H and O–H groups in total. The van der Waals surface area contributed by atoms with E-state index < -0.39 is 0 Å². The molecule has 18 heavy (non-hydrogen) atoms. The number of fused-ring (bicyclic) bond motifs is 1. The first-order chi connectivity index (χ1) is 8.74. The van der Waals surface area contributed by atoms with Crippen molar-refractivity contribution in [2.75, 3.05) is 0 Å². The van der Waals surface area contributed by atoms with Gasteiger partial charge < -0.3 is 19.4 Å². The molecule has 0 unspecified atom stereocenters. The van der Waals surface area contributed by atoms with Crippen molar-refractivity contribution >= 4 is 10.8 Å². The number of rotatable bonds is 2. The molecule has 2 aromatic carbocycles. The molecule has 3 aromatic rings. The van der Waals surface area contributed by atoms with Crippen molar-refractivity contribution in [3.63, 3.8) is 0 Å². The van der Waals surface area contributed by atoms with Crippen LogP contribution in [0.15, 0.2) is 52.9 Å². The Kier molecular flexibility index (Phi) is 2.34. The molecular weight excluding hydrogens is 232 g/mol. The van der Waals surface area contributed by atoms with Crippen LogP contribution in [0.4, 0.5) is 0 Å². The van der Waals surface area contributed by atoms with Gasteiger partial charge in [0.2, 0.25) is 0 Å². The van der Waals surface area contributed by atoms with Crippen LogP contribution in [0.3, 0.4) is 0 Å². The third-order valence-electron chi connectivity index (χ3n) is 2.61. The van der Waals surface area contributed by atoms with Crippen LogP contribution in [0, 0.1) is 0 Å². The predicted octanol–water partition coefficient (Wildman–Crippen LogP) is 3.64. The Morgan fingerprint density at radius 2 is 1.50 bits per heavy atom. The highest BCUT2D eigenvalue weighted by atomic mass is 16.6.